The van der Waals surface area contributed by atoms with Crippen molar-refractivity contribution in [3.63, 3.8) is 0 Å². The summed E-state index contributed by atoms with van der Waals surface area (Å²) in [7, 11) is 4.52. The predicted molar refractivity (Wildman–Crippen MR) is 129 cm³/mol. The molecular weight excluding hydrogens is 374 g/mol. The molecule has 1 atom stereocenters. The van der Waals surface area contributed by atoms with E-state index in [-0.39, 0.29) is 6.10 Å². The smallest absolute Gasteiger partial charge is 0.303 e. The molecule has 30 heavy (non-hydrogen) atoms. The maximum Gasteiger partial charge on any atom is 0.303 e. The van der Waals surface area contributed by atoms with Gasteiger partial charge in [-0.05, 0) is 25.7 Å². The number of aliphatic carboxylic acids is 1. The van der Waals surface area contributed by atoms with Gasteiger partial charge in [0.15, 0.2) is 0 Å². The molecule has 0 spiro atoms. The first-order valence-electron chi connectivity index (χ1n) is 13.1. The summed E-state index contributed by atoms with van der Waals surface area (Å²) in [4.78, 5) is 10.5. The van der Waals surface area contributed by atoms with Gasteiger partial charge < -0.3 is 14.7 Å². The van der Waals surface area contributed by atoms with Crippen LogP contribution in [0, 0.1) is 0 Å². The highest BCUT2D eigenvalue weighted by molar-refractivity contribution is 5.66. The van der Waals surface area contributed by atoms with Crippen molar-refractivity contribution in [1.29, 1.82) is 0 Å². The van der Waals surface area contributed by atoms with Gasteiger partial charge in [-0.2, -0.15) is 0 Å². The number of likely N-dealkylation sites (N-methyl/N-ethyl adjacent to an activating group) is 1. The second-order valence-electron chi connectivity index (χ2n) is 10.1. The van der Waals surface area contributed by atoms with E-state index in [9.17, 15) is 9.90 Å². The van der Waals surface area contributed by atoms with Crippen molar-refractivity contribution < 1.29 is 19.5 Å². The first kappa shape index (κ1) is 29.4. The molecule has 0 saturated heterocycles. The molecule has 2 N–H and O–H groups in total. The largest absolute Gasteiger partial charge is 0.481 e. The lowest BCUT2D eigenvalue weighted by Crippen LogP contribution is -2.45. The topological polar surface area (TPSA) is 57.5 Å². The van der Waals surface area contributed by atoms with Gasteiger partial charge in [0, 0.05) is 6.42 Å². The summed E-state index contributed by atoms with van der Waals surface area (Å²) in [6, 6.07) is 0. The van der Waals surface area contributed by atoms with Crippen LogP contribution in [0.4, 0.5) is 0 Å². The van der Waals surface area contributed by atoms with Crippen molar-refractivity contribution >= 4 is 5.97 Å². The zero-order valence-electron chi connectivity index (χ0n) is 20.7. The van der Waals surface area contributed by atoms with Gasteiger partial charge in [-0.25, -0.2) is 0 Å². The quantitative estimate of drug-likeness (QED) is 0.137. The van der Waals surface area contributed by atoms with E-state index in [1.54, 1.807) is 0 Å². The van der Waals surface area contributed by atoms with Crippen molar-refractivity contribution in [1.82, 2.24) is 0 Å². The van der Waals surface area contributed by atoms with Gasteiger partial charge in [0.25, 0.3) is 0 Å². The van der Waals surface area contributed by atoms with Crippen LogP contribution in [0.2, 0.25) is 0 Å². The van der Waals surface area contributed by atoms with Gasteiger partial charge >= 0.3 is 5.97 Å². The average Bonchev–Trinajstić information content (AvgIpc) is 2.67. The number of aliphatic hydroxyl groups is 1. The molecule has 0 heterocycles. The fourth-order valence-corrected chi connectivity index (χ4v) is 4.32. The molecule has 0 aliphatic heterocycles. The average molecular weight is 429 g/mol. The Hall–Kier alpha value is -0.610. The Morgan fingerprint density at radius 3 is 1.63 bits per heavy atom. The van der Waals surface area contributed by atoms with Crippen LogP contribution in [0.5, 0.6) is 0 Å². The van der Waals surface area contributed by atoms with Gasteiger partial charge in [0.05, 0.1) is 20.6 Å². The molecule has 4 nitrogen and oxygen atoms in total. The normalized spacial score (nSPS) is 12.9. The molecule has 180 valence electrons. The van der Waals surface area contributed by atoms with E-state index in [1.807, 2.05) is 0 Å². The summed E-state index contributed by atoms with van der Waals surface area (Å²) >= 11 is 0. The lowest BCUT2D eigenvalue weighted by atomic mass is 10.0. The lowest BCUT2D eigenvalue weighted by molar-refractivity contribution is -0.893. The Balaban J connectivity index is 3.49. The van der Waals surface area contributed by atoms with Crippen LogP contribution in [0.25, 0.3) is 0 Å². The van der Waals surface area contributed by atoms with Gasteiger partial charge in [-0.3, -0.25) is 4.79 Å². The van der Waals surface area contributed by atoms with E-state index in [4.69, 9.17) is 5.11 Å². The minimum Gasteiger partial charge on any atom is -0.481 e. The van der Waals surface area contributed by atoms with Gasteiger partial charge in [0.2, 0.25) is 0 Å². The Morgan fingerprint density at radius 1 is 0.700 bits per heavy atom. The molecule has 0 bridgehead atoms. The standard InChI is InChI=1S/C26H53NO3/c1-4-5-6-7-8-12-15-18-21-25(28)24-27(2,3)23-20-17-14-11-9-10-13-16-19-22-26(29)30/h25,28H,4-24H2,1-3H3/p+1. The van der Waals surface area contributed by atoms with E-state index in [0.29, 0.717) is 6.42 Å². The van der Waals surface area contributed by atoms with Crippen LogP contribution in [-0.2, 0) is 4.79 Å². The van der Waals surface area contributed by atoms with Crippen molar-refractivity contribution in [3.05, 3.63) is 0 Å². The SMILES string of the molecule is CCCCCCCCCCC(O)C[N+](C)(C)CCCCCCCCCCCC(=O)O. The Kier molecular flexibility index (Phi) is 19.9. The molecule has 0 fully saturated rings. The molecule has 0 amide bonds. The third kappa shape index (κ3) is 22.1. The summed E-state index contributed by atoms with van der Waals surface area (Å²) in [5, 5.41) is 19.0. The van der Waals surface area contributed by atoms with E-state index in [0.717, 1.165) is 36.8 Å². The molecule has 0 aliphatic rings. The Morgan fingerprint density at radius 2 is 1.13 bits per heavy atom. The minimum absolute atomic E-state index is 0.152. The van der Waals surface area contributed by atoms with E-state index in [2.05, 4.69) is 21.0 Å². The number of carbonyl (C=O) groups is 1. The lowest BCUT2D eigenvalue weighted by Gasteiger charge is -2.32. The van der Waals surface area contributed by atoms with Gasteiger partial charge in [-0.1, -0.05) is 96.8 Å². The highest BCUT2D eigenvalue weighted by Gasteiger charge is 2.19. The van der Waals surface area contributed by atoms with Crippen molar-refractivity contribution in [2.45, 2.75) is 135 Å². The molecule has 0 aromatic heterocycles. The maximum absolute atomic E-state index is 10.5. The van der Waals surface area contributed by atoms with Crippen LogP contribution in [0.15, 0.2) is 0 Å². The van der Waals surface area contributed by atoms with Gasteiger partial charge in [-0.15, -0.1) is 0 Å². The molecular formula is C26H54NO3+. The van der Waals surface area contributed by atoms with Crippen LogP contribution in [0.1, 0.15) is 129 Å². The third-order valence-electron chi connectivity index (χ3n) is 6.25. The molecule has 0 rings (SSSR count). The molecule has 0 aromatic carbocycles. The highest BCUT2D eigenvalue weighted by Crippen LogP contribution is 2.14. The first-order chi connectivity index (χ1) is 14.4. The summed E-state index contributed by atoms with van der Waals surface area (Å²) < 4.78 is 0.932. The second-order valence-corrected chi connectivity index (χ2v) is 10.1. The number of nitrogens with zero attached hydrogens (tertiary/aromatic N) is 1. The highest BCUT2D eigenvalue weighted by atomic mass is 16.4. The second kappa shape index (κ2) is 20.3. The Bertz CT molecular complexity index is 384. The fourth-order valence-electron chi connectivity index (χ4n) is 4.32. The summed E-state index contributed by atoms with van der Waals surface area (Å²) in [5.74, 6) is -0.669. The molecule has 1 unspecified atom stereocenters. The maximum atomic E-state index is 10.5. The number of hydrogen-bond acceptors (Lipinski definition) is 2. The zero-order chi connectivity index (χ0) is 22.5. The van der Waals surface area contributed by atoms with Crippen LogP contribution >= 0.6 is 0 Å². The van der Waals surface area contributed by atoms with Gasteiger partial charge in [0.1, 0.15) is 12.6 Å². The van der Waals surface area contributed by atoms with E-state index in [1.165, 1.54) is 96.3 Å². The van der Waals surface area contributed by atoms with E-state index < -0.39 is 5.97 Å². The summed E-state index contributed by atoms with van der Waals surface area (Å²) in [5.41, 5.74) is 0. The predicted octanol–water partition coefficient (Wildman–Crippen LogP) is 6.94. The van der Waals surface area contributed by atoms with Crippen molar-refractivity contribution in [2.75, 3.05) is 27.2 Å². The molecule has 0 aliphatic carbocycles. The van der Waals surface area contributed by atoms with Crippen LogP contribution in [0.3, 0.4) is 0 Å². The third-order valence-corrected chi connectivity index (χ3v) is 6.25. The number of quaternary nitrogens is 1. The first-order valence-corrected chi connectivity index (χ1v) is 13.1. The number of carboxylic acid groups (broad SMARTS) is 1. The number of hydrogen-bond donors (Lipinski definition) is 2. The van der Waals surface area contributed by atoms with E-state index >= 15 is 0 Å². The van der Waals surface area contributed by atoms with Crippen LogP contribution < -0.4 is 0 Å². The number of aliphatic hydroxyl groups excluding tert-OH is 1. The zero-order valence-corrected chi connectivity index (χ0v) is 20.7. The number of unbranched alkanes of at least 4 members (excludes halogenated alkanes) is 15. The van der Waals surface area contributed by atoms with Crippen molar-refractivity contribution in [3.8, 4) is 0 Å². The van der Waals surface area contributed by atoms with Crippen molar-refractivity contribution in [2.24, 2.45) is 0 Å². The Labute approximate surface area is 188 Å². The molecule has 0 saturated carbocycles. The minimum atomic E-state index is -0.669. The summed E-state index contributed by atoms with van der Waals surface area (Å²) in [6.07, 6.45) is 22.4. The number of carboxylic acids is 1. The number of rotatable bonds is 23. The summed E-state index contributed by atoms with van der Waals surface area (Å²) in [6.45, 7) is 4.30. The molecule has 0 radical (unpaired) electrons. The van der Waals surface area contributed by atoms with Crippen LogP contribution in [-0.4, -0.2) is 54.0 Å². The fraction of sp³-hybridized carbons (Fsp3) is 0.962. The monoisotopic (exact) mass is 428 g/mol. The molecule has 0 aromatic rings. The molecule has 4 heteroatoms.